The van der Waals surface area contributed by atoms with Gasteiger partial charge in [0, 0.05) is 23.1 Å². The van der Waals surface area contributed by atoms with Crippen LogP contribution in [-0.4, -0.2) is 24.5 Å². The summed E-state index contributed by atoms with van der Waals surface area (Å²) in [4.78, 5) is 25.5. The Morgan fingerprint density at radius 2 is 2.00 bits per heavy atom. The number of anilines is 2. The lowest BCUT2D eigenvalue weighted by Gasteiger charge is -2.17. The number of nitrogens with one attached hydrogen (secondary N) is 2. The zero-order valence-corrected chi connectivity index (χ0v) is 14.5. The molecule has 1 saturated heterocycles. The first-order valence-electron chi connectivity index (χ1n) is 7.51. The standard InChI is InChI=1S/C17H14BrF2N3O2/c18-10-4-5-15(14(20)6-10)22-17(25)21-12-8-16(24)23(9-12)13-3-1-2-11(19)7-13/h1-7,12H,8-9H2,(H2,21,22,25)/t12-/m0/s1. The first-order valence-corrected chi connectivity index (χ1v) is 8.30. The van der Waals surface area contributed by atoms with E-state index in [-0.39, 0.29) is 24.6 Å². The van der Waals surface area contributed by atoms with E-state index < -0.39 is 23.7 Å². The molecule has 1 aliphatic rings. The Labute approximate surface area is 151 Å². The van der Waals surface area contributed by atoms with Crippen LogP contribution in [0.25, 0.3) is 0 Å². The summed E-state index contributed by atoms with van der Waals surface area (Å²) in [6, 6.07) is 8.90. The molecule has 1 aliphatic heterocycles. The van der Waals surface area contributed by atoms with Gasteiger partial charge in [-0.3, -0.25) is 4.79 Å². The van der Waals surface area contributed by atoms with Crippen LogP contribution < -0.4 is 15.5 Å². The Kier molecular flexibility index (Phi) is 4.98. The molecule has 5 nitrogen and oxygen atoms in total. The predicted octanol–water partition coefficient (Wildman–Crippen LogP) is 3.65. The summed E-state index contributed by atoms with van der Waals surface area (Å²) in [6.07, 6.45) is 0.0900. The van der Waals surface area contributed by atoms with Crippen molar-refractivity contribution in [3.8, 4) is 0 Å². The zero-order chi connectivity index (χ0) is 18.0. The van der Waals surface area contributed by atoms with Gasteiger partial charge in [0.1, 0.15) is 11.6 Å². The zero-order valence-electron chi connectivity index (χ0n) is 12.9. The van der Waals surface area contributed by atoms with E-state index in [1.54, 1.807) is 12.1 Å². The van der Waals surface area contributed by atoms with Crippen molar-refractivity contribution in [1.82, 2.24) is 5.32 Å². The normalized spacial score (nSPS) is 16.8. The van der Waals surface area contributed by atoms with Crippen LogP contribution in [0.1, 0.15) is 6.42 Å². The largest absolute Gasteiger partial charge is 0.333 e. The highest BCUT2D eigenvalue weighted by molar-refractivity contribution is 9.10. The number of carbonyl (C=O) groups excluding carboxylic acids is 2. The Bertz CT molecular complexity index is 831. The Balaban J connectivity index is 1.62. The maximum absolute atomic E-state index is 13.7. The molecule has 0 unspecified atom stereocenters. The minimum atomic E-state index is -0.611. The molecule has 0 spiro atoms. The molecule has 1 atom stereocenters. The topological polar surface area (TPSA) is 61.4 Å². The van der Waals surface area contributed by atoms with Crippen molar-refractivity contribution in [1.29, 1.82) is 0 Å². The van der Waals surface area contributed by atoms with E-state index in [1.807, 2.05) is 0 Å². The molecule has 130 valence electrons. The molecular formula is C17H14BrF2N3O2. The van der Waals surface area contributed by atoms with Crippen molar-refractivity contribution >= 4 is 39.2 Å². The van der Waals surface area contributed by atoms with Gasteiger partial charge in [-0.05, 0) is 36.4 Å². The van der Waals surface area contributed by atoms with Crippen molar-refractivity contribution in [2.45, 2.75) is 12.5 Å². The Morgan fingerprint density at radius 3 is 2.72 bits per heavy atom. The highest BCUT2D eigenvalue weighted by atomic mass is 79.9. The van der Waals surface area contributed by atoms with Gasteiger partial charge in [0.25, 0.3) is 0 Å². The molecule has 0 aromatic heterocycles. The molecule has 2 aromatic carbocycles. The molecule has 25 heavy (non-hydrogen) atoms. The first kappa shape index (κ1) is 17.3. The number of carbonyl (C=O) groups is 2. The van der Waals surface area contributed by atoms with Gasteiger partial charge < -0.3 is 15.5 Å². The third-order valence-corrected chi connectivity index (χ3v) is 4.25. The fourth-order valence-corrected chi connectivity index (χ4v) is 2.97. The lowest BCUT2D eigenvalue weighted by Crippen LogP contribution is -2.39. The van der Waals surface area contributed by atoms with Crippen LogP contribution >= 0.6 is 15.9 Å². The fourth-order valence-electron chi connectivity index (χ4n) is 2.63. The number of rotatable bonds is 3. The molecular weight excluding hydrogens is 396 g/mol. The molecule has 0 saturated carbocycles. The second-order valence-corrected chi connectivity index (χ2v) is 6.52. The van der Waals surface area contributed by atoms with Crippen molar-refractivity contribution in [3.05, 3.63) is 58.6 Å². The molecule has 0 bridgehead atoms. The Hall–Kier alpha value is -2.48. The molecule has 0 radical (unpaired) electrons. The monoisotopic (exact) mass is 409 g/mol. The van der Waals surface area contributed by atoms with Gasteiger partial charge in [0.05, 0.1) is 11.7 Å². The minimum absolute atomic E-state index is 0.0343. The van der Waals surface area contributed by atoms with Gasteiger partial charge in [-0.25, -0.2) is 13.6 Å². The average Bonchev–Trinajstić information content (AvgIpc) is 2.90. The van der Waals surface area contributed by atoms with Crippen LogP contribution in [0.5, 0.6) is 0 Å². The highest BCUT2D eigenvalue weighted by Crippen LogP contribution is 2.23. The van der Waals surface area contributed by atoms with Crippen molar-refractivity contribution in [2.24, 2.45) is 0 Å². The molecule has 8 heteroatoms. The summed E-state index contributed by atoms with van der Waals surface area (Å²) in [5, 5.41) is 5.04. The second kappa shape index (κ2) is 7.18. The summed E-state index contributed by atoms with van der Waals surface area (Å²) >= 11 is 3.14. The van der Waals surface area contributed by atoms with Crippen LogP contribution in [0.4, 0.5) is 25.0 Å². The van der Waals surface area contributed by atoms with Crippen LogP contribution in [0, 0.1) is 11.6 Å². The number of hydrogen-bond acceptors (Lipinski definition) is 2. The summed E-state index contributed by atoms with van der Waals surface area (Å²) in [6.45, 7) is 0.221. The van der Waals surface area contributed by atoms with Crippen LogP contribution in [-0.2, 0) is 4.79 Å². The number of benzene rings is 2. The molecule has 1 fully saturated rings. The first-order chi connectivity index (χ1) is 11.9. The van der Waals surface area contributed by atoms with Crippen LogP contribution in [0.3, 0.4) is 0 Å². The van der Waals surface area contributed by atoms with E-state index >= 15 is 0 Å². The Morgan fingerprint density at radius 1 is 1.20 bits per heavy atom. The molecule has 0 aliphatic carbocycles. The number of nitrogens with zero attached hydrogens (tertiary/aromatic N) is 1. The minimum Gasteiger partial charge on any atom is -0.333 e. The lowest BCUT2D eigenvalue weighted by atomic mass is 10.2. The average molecular weight is 410 g/mol. The quantitative estimate of drug-likeness (QED) is 0.812. The molecule has 2 aromatic rings. The van der Waals surface area contributed by atoms with Crippen LogP contribution in [0.15, 0.2) is 46.9 Å². The molecule has 2 N–H and O–H groups in total. The van der Waals surface area contributed by atoms with Gasteiger partial charge in [0.2, 0.25) is 5.91 Å². The third kappa shape index (κ3) is 4.14. The highest BCUT2D eigenvalue weighted by Gasteiger charge is 2.31. The smallest absolute Gasteiger partial charge is 0.319 e. The summed E-state index contributed by atoms with van der Waals surface area (Å²) in [5.41, 5.74) is 0.473. The van der Waals surface area contributed by atoms with Gasteiger partial charge in [-0.15, -0.1) is 0 Å². The number of urea groups is 1. The van der Waals surface area contributed by atoms with Crippen LogP contribution in [0.2, 0.25) is 0 Å². The number of amides is 3. The summed E-state index contributed by atoms with van der Waals surface area (Å²) in [7, 11) is 0. The van der Waals surface area contributed by atoms with E-state index in [2.05, 4.69) is 26.6 Å². The number of hydrogen-bond donors (Lipinski definition) is 2. The summed E-state index contributed by atoms with van der Waals surface area (Å²) in [5.74, 6) is -1.23. The van der Waals surface area contributed by atoms with Gasteiger partial charge in [-0.2, -0.15) is 0 Å². The van der Waals surface area contributed by atoms with E-state index in [9.17, 15) is 18.4 Å². The molecule has 3 amide bonds. The van der Waals surface area contributed by atoms with Crippen molar-refractivity contribution < 1.29 is 18.4 Å². The van der Waals surface area contributed by atoms with Crippen molar-refractivity contribution in [3.63, 3.8) is 0 Å². The van der Waals surface area contributed by atoms with E-state index in [0.717, 1.165) is 0 Å². The van der Waals surface area contributed by atoms with Gasteiger partial charge >= 0.3 is 6.03 Å². The molecule has 1 heterocycles. The van der Waals surface area contributed by atoms with Crippen molar-refractivity contribution in [2.75, 3.05) is 16.8 Å². The van der Waals surface area contributed by atoms with Gasteiger partial charge in [-0.1, -0.05) is 22.0 Å². The third-order valence-electron chi connectivity index (χ3n) is 3.76. The number of halogens is 3. The maximum atomic E-state index is 13.7. The van der Waals surface area contributed by atoms with E-state index in [4.69, 9.17) is 0 Å². The summed E-state index contributed by atoms with van der Waals surface area (Å²) < 4.78 is 27.6. The van der Waals surface area contributed by atoms with Gasteiger partial charge in [0.15, 0.2) is 0 Å². The fraction of sp³-hybridized carbons (Fsp3) is 0.176. The lowest BCUT2D eigenvalue weighted by molar-refractivity contribution is -0.117. The SMILES string of the molecule is O=C(Nc1ccc(Br)cc1F)N[C@H]1CC(=O)N(c2cccc(F)c2)C1. The second-order valence-electron chi connectivity index (χ2n) is 5.61. The molecule has 3 rings (SSSR count). The maximum Gasteiger partial charge on any atom is 0.319 e. The van der Waals surface area contributed by atoms with E-state index in [1.165, 1.54) is 35.2 Å². The van der Waals surface area contributed by atoms with E-state index in [0.29, 0.717) is 10.2 Å². The predicted molar refractivity (Wildman–Crippen MR) is 93.4 cm³/mol.